The smallest absolute Gasteiger partial charge is 0.269 e. The maximum absolute atomic E-state index is 11.7. The number of thiocarbonyl (C=S) groups is 1. The Morgan fingerprint density at radius 1 is 1.41 bits per heavy atom. The van der Waals surface area contributed by atoms with Crippen molar-refractivity contribution in [2.75, 3.05) is 0 Å². The first-order valence-electron chi connectivity index (χ1n) is 7.46. The highest BCUT2D eigenvalue weighted by Gasteiger charge is 2.21. The van der Waals surface area contributed by atoms with Gasteiger partial charge in [-0.05, 0) is 36.5 Å². The molecule has 2 atom stereocenters. The van der Waals surface area contributed by atoms with Crippen molar-refractivity contribution in [2.24, 2.45) is 5.92 Å². The first kappa shape index (κ1) is 16.5. The fourth-order valence-electron chi connectivity index (χ4n) is 2.74. The number of non-ortho nitro benzene ring substituents is 1. The summed E-state index contributed by atoms with van der Waals surface area (Å²) >= 11 is 5.26. The van der Waals surface area contributed by atoms with Crippen LogP contribution in [0.3, 0.4) is 0 Å². The third kappa shape index (κ3) is 4.30. The summed E-state index contributed by atoms with van der Waals surface area (Å²) in [6, 6.07) is 4.08. The van der Waals surface area contributed by atoms with E-state index in [-0.39, 0.29) is 18.0 Å². The van der Waals surface area contributed by atoms with E-state index in [2.05, 4.69) is 17.6 Å². The van der Waals surface area contributed by atoms with E-state index < -0.39 is 4.92 Å². The Hall–Kier alpha value is -1.89. The van der Waals surface area contributed by atoms with E-state index in [1.54, 1.807) is 0 Å². The maximum atomic E-state index is 11.7. The van der Waals surface area contributed by atoms with Crippen LogP contribution in [0.4, 0.5) is 5.69 Å². The van der Waals surface area contributed by atoms with Crippen LogP contribution in [-0.2, 0) is 6.54 Å². The lowest BCUT2D eigenvalue weighted by atomic mass is 9.86. The van der Waals surface area contributed by atoms with E-state index in [1.807, 2.05) is 0 Å². The number of nitrogens with zero attached hydrogens (tertiary/aromatic N) is 1. The fraction of sp³-hybridized carbons (Fsp3) is 0.533. The SMILES string of the molecule is C[C@@H]1CCCC[C@@H]1NC(=S)NCc1cc([N+](=O)[O-])ccc1[O-]. The summed E-state index contributed by atoms with van der Waals surface area (Å²) in [6.45, 7) is 2.39. The molecule has 0 saturated heterocycles. The van der Waals surface area contributed by atoms with Crippen LogP contribution in [0.15, 0.2) is 18.2 Å². The summed E-state index contributed by atoms with van der Waals surface area (Å²) in [5, 5.41) is 29.2. The van der Waals surface area contributed by atoms with Gasteiger partial charge >= 0.3 is 0 Å². The average molecular weight is 322 g/mol. The molecule has 0 amide bonds. The van der Waals surface area contributed by atoms with Crippen molar-refractivity contribution in [3.05, 3.63) is 33.9 Å². The molecular formula is C15H20N3O3S-. The van der Waals surface area contributed by atoms with E-state index in [4.69, 9.17) is 12.2 Å². The summed E-state index contributed by atoms with van der Waals surface area (Å²) in [5.74, 6) is 0.341. The monoisotopic (exact) mass is 322 g/mol. The Morgan fingerprint density at radius 3 is 2.82 bits per heavy atom. The van der Waals surface area contributed by atoms with Crippen LogP contribution in [0.25, 0.3) is 0 Å². The average Bonchev–Trinajstić information content (AvgIpc) is 2.48. The molecule has 0 bridgehead atoms. The van der Waals surface area contributed by atoms with Crippen molar-refractivity contribution in [3.63, 3.8) is 0 Å². The molecule has 1 saturated carbocycles. The molecular weight excluding hydrogens is 302 g/mol. The summed E-state index contributed by atoms with van der Waals surface area (Å²) in [6.07, 6.45) is 4.73. The highest BCUT2D eigenvalue weighted by atomic mass is 32.1. The molecule has 2 N–H and O–H groups in total. The van der Waals surface area contributed by atoms with Crippen molar-refractivity contribution < 1.29 is 10.0 Å². The van der Waals surface area contributed by atoms with E-state index >= 15 is 0 Å². The van der Waals surface area contributed by atoms with Crippen LogP contribution in [-0.4, -0.2) is 16.1 Å². The van der Waals surface area contributed by atoms with Gasteiger partial charge in [0.05, 0.1) is 4.92 Å². The summed E-state index contributed by atoms with van der Waals surface area (Å²) < 4.78 is 0. The van der Waals surface area contributed by atoms with Gasteiger partial charge in [-0.25, -0.2) is 0 Å². The Labute approximate surface area is 135 Å². The summed E-state index contributed by atoms with van der Waals surface area (Å²) in [7, 11) is 0. The number of hydrogen-bond donors (Lipinski definition) is 2. The largest absolute Gasteiger partial charge is 0.872 e. The molecule has 1 aromatic carbocycles. The Bertz CT molecular complexity index is 565. The molecule has 120 valence electrons. The minimum Gasteiger partial charge on any atom is -0.872 e. The predicted octanol–water partition coefficient (Wildman–Crippen LogP) is 2.21. The van der Waals surface area contributed by atoms with Gasteiger partial charge < -0.3 is 15.7 Å². The zero-order valence-corrected chi connectivity index (χ0v) is 13.3. The lowest BCUT2D eigenvalue weighted by Gasteiger charge is -2.30. The highest BCUT2D eigenvalue weighted by molar-refractivity contribution is 7.80. The van der Waals surface area contributed by atoms with E-state index in [1.165, 1.54) is 37.5 Å². The molecule has 1 aliphatic carbocycles. The van der Waals surface area contributed by atoms with Crippen LogP contribution in [0.2, 0.25) is 0 Å². The second-order valence-electron chi connectivity index (χ2n) is 5.74. The molecule has 22 heavy (non-hydrogen) atoms. The van der Waals surface area contributed by atoms with Crippen LogP contribution >= 0.6 is 12.2 Å². The van der Waals surface area contributed by atoms with Crippen LogP contribution < -0.4 is 15.7 Å². The molecule has 1 aliphatic rings. The molecule has 0 heterocycles. The zero-order chi connectivity index (χ0) is 16.1. The molecule has 2 rings (SSSR count). The zero-order valence-electron chi connectivity index (χ0n) is 12.5. The van der Waals surface area contributed by atoms with E-state index in [0.29, 0.717) is 22.6 Å². The Balaban J connectivity index is 1.90. The van der Waals surface area contributed by atoms with Gasteiger partial charge in [0.1, 0.15) is 0 Å². The normalized spacial score (nSPS) is 21.1. The molecule has 0 aromatic heterocycles. The number of hydrogen-bond acceptors (Lipinski definition) is 4. The standard InChI is InChI=1S/C15H21N3O3S/c1-10-4-2-3-5-13(10)17-15(22)16-9-11-8-12(18(20)21)6-7-14(11)19/h6-8,10,13,19H,2-5,9H2,1H3,(H2,16,17,22)/p-1/t10-,13+/m1/s1. The minimum absolute atomic E-state index is 0.0869. The molecule has 7 heteroatoms. The molecule has 0 radical (unpaired) electrons. The van der Waals surface area contributed by atoms with Gasteiger partial charge in [0.2, 0.25) is 0 Å². The lowest BCUT2D eigenvalue weighted by molar-refractivity contribution is -0.385. The quantitative estimate of drug-likeness (QED) is 0.502. The van der Waals surface area contributed by atoms with Gasteiger partial charge in [-0.15, -0.1) is 5.75 Å². The first-order valence-corrected chi connectivity index (χ1v) is 7.87. The molecule has 6 nitrogen and oxygen atoms in total. The molecule has 0 spiro atoms. The van der Waals surface area contributed by atoms with E-state index in [9.17, 15) is 15.2 Å². The van der Waals surface area contributed by atoms with Crippen LogP contribution in [0.5, 0.6) is 5.75 Å². The second-order valence-corrected chi connectivity index (χ2v) is 6.15. The van der Waals surface area contributed by atoms with Crippen molar-refractivity contribution in [1.29, 1.82) is 0 Å². The third-order valence-electron chi connectivity index (χ3n) is 4.12. The molecule has 0 aliphatic heterocycles. The van der Waals surface area contributed by atoms with Gasteiger partial charge in [0.15, 0.2) is 5.11 Å². The van der Waals surface area contributed by atoms with Gasteiger partial charge in [-0.1, -0.05) is 25.8 Å². The highest BCUT2D eigenvalue weighted by Crippen LogP contribution is 2.24. The lowest BCUT2D eigenvalue weighted by Crippen LogP contribution is -2.45. The number of nitro groups is 1. The van der Waals surface area contributed by atoms with Gasteiger partial charge in [-0.3, -0.25) is 10.1 Å². The number of benzene rings is 1. The number of nitro benzene ring substituents is 1. The first-order chi connectivity index (χ1) is 10.5. The Morgan fingerprint density at radius 2 is 2.14 bits per heavy atom. The Kier molecular flexibility index (Phi) is 5.54. The molecule has 1 aromatic rings. The van der Waals surface area contributed by atoms with Crippen molar-refractivity contribution in [2.45, 2.75) is 45.2 Å². The van der Waals surface area contributed by atoms with Crippen molar-refractivity contribution in [1.82, 2.24) is 10.6 Å². The predicted molar refractivity (Wildman–Crippen MR) is 86.5 cm³/mol. The summed E-state index contributed by atoms with van der Waals surface area (Å²) in [4.78, 5) is 10.2. The number of rotatable bonds is 4. The topological polar surface area (TPSA) is 90.3 Å². The third-order valence-corrected chi connectivity index (χ3v) is 4.38. The molecule has 1 fully saturated rings. The summed E-state index contributed by atoms with van der Waals surface area (Å²) in [5.41, 5.74) is 0.256. The van der Waals surface area contributed by atoms with Gasteiger partial charge in [-0.2, -0.15) is 0 Å². The van der Waals surface area contributed by atoms with Crippen molar-refractivity contribution in [3.8, 4) is 5.75 Å². The van der Waals surface area contributed by atoms with E-state index in [0.717, 1.165) is 6.42 Å². The fourth-order valence-corrected chi connectivity index (χ4v) is 2.97. The van der Waals surface area contributed by atoms with Crippen LogP contribution in [0, 0.1) is 16.0 Å². The number of nitrogens with one attached hydrogen (secondary N) is 2. The van der Waals surface area contributed by atoms with Gasteiger partial charge in [0.25, 0.3) is 5.69 Å². The molecule has 0 unspecified atom stereocenters. The van der Waals surface area contributed by atoms with Crippen LogP contribution in [0.1, 0.15) is 38.2 Å². The second kappa shape index (κ2) is 7.40. The minimum atomic E-state index is -0.511. The van der Waals surface area contributed by atoms with Crippen molar-refractivity contribution >= 4 is 23.0 Å². The van der Waals surface area contributed by atoms with Gasteiger partial charge in [0, 0.05) is 24.7 Å². The maximum Gasteiger partial charge on any atom is 0.269 e.